The number of carbonyl (C=O) groups is 2. The normalized spacial score (nSPS) is 10.5. The molecule has 0 bridgehead atoms. The molecule has 0 radical (unpaired) electrons. The third-order valence-electron chi connectivity index (χ3n) is 3.22. The fourth-order valence-corrected chi connectivity index (χ4v) is 1.94. The number of pyridine rings is 1. The quantitative estimate of drug-likeness (QED) is 0.846. The van der Waals surface area contributed by atoms with E-state index in [1.807, 2.05) is 19.0 Å². The zero-order chi connectivity index (χ0) is 17.5. The van der Waals surface area contributed by atoms with Crippen molar-refractivity contribution in [1.82, 2.24) is 15.2 Å². The van der Waals surface area contributed by atoms with Gasteiger partial charge in [-0.2, -0.15) is 0 Å². The van der Waals surface area contributed by atoms with E-state index in [2.05, 4.69) is 15.6 Å². The van der Waals surface area contributed by atoms with Crippen molar-refractivity contribution in [2.24, 2.45) is 0 Å². The first kappa shape index (κ1) is 17.6. The maximum absolute atomic E-state index is 13.6. The highest BCUT2D eigenvalue weighted by molar-refractivity contribution is 6.04. The van der Waals surface area contributed by atoms with Crippen LogP contribution in [0.4, 0.5) is 10.1 Å². The number of halogens is 1. The summed E-state index contributed by atoms with van der Waals surface area (Å²) in [6.45, 7) is 1.20. The zero-order valence-corrected chi connectivity index (χ0v) is 13.5. The van der Waals surface area contributed by atoms with Crippen LogP contribution in [0, 0.1) is 5.82 Å². The second kappa shape index (κ2) is 8.16. The van der Waals surface area contributed by atoms with Crippen molar-refractivity contribution in [2.75, 3.05) is 32.5 Å². The Bertz CT molecular complexity index is 734. The molecule has 0 spiro atoms. The van der Waals surface area contributed by atoms with Crippen molar-refractivity contribution in [3.63, 3.8) is 0 Å². The van der Waals surface area contributed by atoms with E-state index >= 15 is 0 Å². The number of nitrogens with one attached hydrogen (secondary N) is 2. The summed E-state index contributed by atoms with van der Waals surface area (Å²) < 4.78 is 13.6. The highest BCUT2D eigenvalue weighted by atomic mass is 19.1. The minimum Gasteiger partial charge on any atom is -0.351 e. The Morgan fingerprint density at radius 3 is 2.62 bits per heavy atom. The molecule has 1 aromatic carbocycles. The fraction of sp³-hybridized carbons (Fsp3) is 0.235. The van der Waals surface area contributed by atoms with Gasteiger partial charge < -0.3 is 15.5 Å². The van der Waals surface area contributed by atoms with Gasteiger partial charge in [0.05, 0.1) is 5.69 Å². The van der Waals surface area contributed by atoms with Gasteiger partial charge in [0.1, 0.15) is 11.5 Å². The first-order chi connectivity index (χ1) is 11.5. The lowest BCUT2D eigenvalue weighted by Crippen LogP contribution is -2.31. The van der Waals surface area contributed by atoms with Gasteiger partial charge >= 0.3 is 0 Å². The van der Waals surface area contributed by atoms with E-state index in [1.54, 1.807) is 6.07 Å². The molecule has 0 saturated carbocycles. The number of nitrogens with zero attached hydrogens (tertiary/aromatic N) is 2. The van der Waals surface area contributed by atoms with E-state index in [9.17, 15) is 14.0 Å². The number of hydrogen-bond acceptors (Lipinski definition) is 4. The Labute approximate surface area is 139 Å². The topological polar surface area (TPSA) is 74.3 Å². The van der Waals surface area contributed by atoms with Crippen LogP contribution in [0.15, 0.2) is 42.6 Å². The lowest BCUT2D eigenvalue weighted by molar-refractivity contribution is 0.0951. The number of anilines is 1. The molecule has 6 nitrogen and oxygen atoms in total. The van der Waals surface area contributed by atoms with Crippen LogP contribution in [0.25, 0.3) is 0 Å². The van der Waals surface area contributed by atoms with Crippen molar-refractivity contribution < 1.29 is 14.0 Å². The highest BCUT2D eigenvalue weighted by Gasteiger charge is 2.13. The molecule has 0 aliphatic carbocycles. The largest absolute Gasteiger partial charge is 0.351 e. The highest BCUT2D eigenvalue weighted by Crippen LogP contribution is 2.13. The molecule has 0 saturated heterocycles. The first-order valence-electron chi connectivity index (χ1n) is 7.42. The van der Waals surface area contributed by atoms with Crippen LogP contribution in [0.3, 0.4) is 0 Å². The van der Waals surface area contributed by atoms with Gasteiger partial charge in [-0.1, -0.05) is 12.1 Å². The second-order valence-electron chi connectivity index (χ2n) is 5.42. The molecular weight excluding hydrogens is 311 g/mol. The number of benzene rings is 1. The molecule has 0 fully saturated rings. The number of carbonyl (C=O) groups excluding carboxylic acids is 2. The zero-order valence-electron chi connectivity index (χ0n) is 13.5. The molecule has 0 unspecified atom stereocenters. The summed E-state index contributed by atoms with van der Waals surface area (Å²) in [6, 6.07) is 8.73. The number of hydrogen-bond donors (Lipinski definition) is 2. The molecule has 0 atom stereocenters. The average Bonchev–Trinajstić information content (AvgIpc) is 2.56. The SMILES string of the molecule is CN(C)CCNC(=O)c1ccnc(C(=O)Nc2ccccc2F)c1. The Morgan fingerprint density at radius 2 is 1.92 bits per heavy atom. The summed E-state index contributed by atoms with van der Waals surface area (Å²) in [7, 11) is 3.81. The Morgan fingerprint density at radius 1 is 1.17 bits per heavy atom. The van der Waals surface area contributed by atoms with Crippen molar-refractivity contribution in [2.45, 2.75) is 0 Å². The van der Waals surface area contributed by atoms with Crippen LogP contribution < -0.4 is 10.6 Å². The minimum atomic E-state index is -0.581. The molecule has 0 aliphatic heterocycles. The van der Waals surface area contributed by atoms with Crippen LogP contribution in [0.2, 0.25) is 0 Å². The van der Waals surface area contributed by atoms with Crippen molar-refractivity contribution in [3.8, 4) is 0 Å². The summed E-state index contributed by atoms with van der Waals surface area (Å²) in [5.41, 5.74) is 0.422. The molecule has 1 aromatic heterocycles. The van der Waals surface area contributed by atoms with Crippen molar-refractivity contribution >= 4 is 17.5 Å². The lowest BCUT2D eigenvalue weighted by Gasteiger charge is -2.11. The third kappa shape index (κ3) is 4.85. The maximum atomic E-state index is 13.6. The standard InChI is InChI=1S/C17H19FN4O2/c1-22(2)10-9-20-16(23)12-7-8-19-15(11-12)17(24)21-14-6-4-3-5-13(14)18/h3-8,11H,9-10H2,1-2H3,(H,20,23)(H,21,24). The molecule has 1 heterocycles. The van der Waals surface area contributed by atoms with E-state index in [4.69, 9.17) is 0 Å². The second-order valence-corrected chi connectivity index (χ2v) is 5.42. The number of rotatable bonds is 6. The lowest BCUT2D eigenvalue weighted by atomic mass is 10.2. The Balaban J connectivity index is 2.05. The van der Waals surface area contributed by atoms with Gasteiger partial charge in [0.15, 0.2) is 0 Å². The first-order valence-corrected chi connectivity index (χ1v) is 7.42. The summed E-state index contributed by atoms with van der Waals surface area (Å²) in [6.07, 6.45) is 1.37. The molecule has 0 aliphatic rings. The third-order valence-corrected chi connectivity index (χ3v) is 3.22. The van der Waals surface area contributed by atoms with E-state index in [1.165, 1.54) is 36.5 Å². The fourth-order valence-electron chi connectivity index (χ4n) is 1.94. The van der Waals surface area contributed by atoms with E-state index in [-0.39, 0.29) is 17.3 Å². The van der Waals surface area contributed by atoms with Gasteiger partial charge in [-0.25, -0.2) is 4.39 Å². The molecule has 2 amide bonds. The van der Waals surface area contributed by atoms with E-state index in [0.717, 1.165) is 0 Å². The minimum absolute atomic E-state index is 0.0403. The van der Waals surface area contributed by atoms with E-state index < -0.39 is 11.7 Å². The van der Waals surface area contributed by atoms with Gasteiger partial charge in [-0.05, 0) is 38.4 Å². The summed E-state index contributed by atoms with van der Waals surface area (Å²) in [5, 5.41) is 5.19. The van der Waals surface area contributed by atoms with E-state index in [0.29, 0.717) is 18.7 Å². The molecule has 2 N–H and O–H groups in total. The Kier molecular flexibility index (Phi) is 5.97. The van der Waals surface area contributed by atoms with Crippen molar-refractivity contribution in [1.29, 1.82) is 0 Å². The molecule has 126 valence electrons. The Hall–Kier alpha value is -2.80. The monoisotopic (exact) mass is 330 g/mol. The molecule has 2 rings (SSSR count). The predicted octanol–water partition coefficient (Wildman–Crippen LogP) is 1.76. The number of likely N-dealkylation sites (N-methyl/N-ethyl adjacent to an activating group) is 1. The molecule has 24 heavy (non-hydrogen) atoms. The predicted molar refractivity (Wildman–Crippen MR) is 89.5 cm³/mol. The van der Waals surface area contributed by atoms with Crippen LogP contribution in [-0.4, -0.2) is 48.9 Å². The maximum Gasteiger partial charge on any atom is 0.274 e. The summed E-state index contributed by atoms with van der Waals surface area (Å²) in [4.78, 5) is 30.1. The average molecular weight is 330 g/mol. The number of para-hydroxylation sites is 1. The number of amides is 2. The van der Waals surface area contributed by atoms with Gasteiger partial charge in [0, 0.05) is 24.8 Å². The summed E-state index contributed by atoms with van der Waals surface area (Å²) >= 11 is 0. The van der Waals surface area contributed by atoms with Crippen LogP contribution >= 0.6 is 0 Å². The van der Waals surface area contributed by atoms with Crippen LogP contribution in [-0.2, 0) is 0 Å². The number of aromatic nitrogens is 1. The van der Waals surface area contributed by atoms with Gasteiger partial charge in [0.2, 0.25) is 0 Å². The smallest absolute Gasteiger partial charge is 0.274 e. The van der Waals surface area contributed by atoms with Gasteiger partial charge in [-0.15, -0.1) is 0 Å². The van der Waals surface area contributed by atoms with Gasteiger partial charge in [0.25, 0.3) is 11.8 Å². The van der Waals surface area contributed by atoms with Crippen molar-refractivity contribution in [3.05, 3.63) is 59.7 Å². The van der Waals surface area contributed by atoms with Gasteiger partial charge in [-0.3, -0.25) is 14.6 Å². The molecule has 7 heteroatoms. The van der Waals surface area contributed by atoms with Crippen LogP contribution in [0.1, 0.15) is 20.8 Å². The summed E-state index contributed by atoms with van der Waals surface area (Å²) in [5.74, 6) is -1.41. The van der Waals surface area contributed by atoms with Crippen LogP contribution in [0.5, 0.6) is 0 Å². The molecule has 2 aromatic rings. The molecular formula is C17H19FN4O2.